The van der Waals surface area contributed by atoms with Crippen molar-refractivity contribution in [2.24, 2.45) is 4.99 Å². The summed E-state index contributed by atoms with van der Waals surface area (Å²) in [6.45, 7) is 2.31. The Hall–Kier alpha value is -1.90. The molecule has 2 aromatic rings. The molecule has 4 nitrogen and oxygen atoms in total. The van der Waals surface area contributed by atoms with Crippen molar-refractivity contribution in [3.8, 4) is 11.5 Å². The van der Waals surface area contributed by atoms with Gasteiger partial charge in [0.25, 0.3) is 0 Å². The van der Waals surface area contributed by atoms with E-state index in [1.54, 1.807) is 21.3 Å². The Morgan fingerprint density at radius 3 is 2.61 bits per heavy atom. The van der Waals surface area contributed by atoms with Crippen molar-refractivity contribution in [2.45, 2.75) is 6.92 Å². The van der Waals surface area contributed by atoms with Gasteiger partial charge in [0.15, 0.2) is 18.3 Å². The summed E-state index contributed by atoms with van der Waals surface area (Å²) in [5.41, 5.74) is 2.37. The van der Waals surface area contributed by atoms with E-state index in [9.17, 15) is 0 Å². The van der Waals surface area contributed by atoms with Crippen LogP contribution in [0.4, 0.5) is 0 Å². The van der Waals surface area contributed by atoms with E-state index >= 15 is 0 Å². The van der Waals surface area contributed by atoms with Gasteiger partial charge in [-0.1, -0.05) is 38.9 Å². The van der Waals surface area contributed by atoms with Gasteiger partial charge < -0.3 is 14.2 Å². The summed E-state index contributed by atoms with van der Waals surface area (Å²) in [7, 11) is 5.48. The maximum atomic E-state index is 5.75. The van der Waals surface area contributed by atoms with E-state index in [0.717, 1.165) is 16.6 Å². The van der Waals surface area contributed by atoms with E-state index in [0.29, 0.717) is 14.3 Å². The highest BCUT2D eigenvalue weighted by molar-refractivity contribution is 7.56. The molecule has 0 saturated heterocycles. The second-order valence-corrected chi connectivity index (χ2v) is 6.23. The molecule has 1 atom stereocenters. The van der Waals surface area contributed by atoms with Crippen LogP contribution in [0.2, 0.25) is 0 Å². The van der Waals surface area contributed by atoms with Gasteiger partial charge in [-0.15, -0.1) is 0 Å². The number of aryl methyl sites for hydroxylation is 1. The first-order valence-electron chi connectivity index (χ1n) is 7.28. The quantitative estimate of drug-likeness (QED) is 0.445. The summed E-state index contributed by atoms with van der Waals surface area (Å²) in [4.78, 5) is 4.16. The Morgan fingerprint density at radius 1 is 1.13 bits per heavy atom. The highest BCUT2D eigenvalue weighted by atomic mass is 31.1. The van der Waals surface area contributed by atoms with E-state index in [2.05, 4.69) is 30.1 Å². The summed E-state index contributed by atoms with van der Waals surface area (Å²) in [6.07, 6.45) is 1.89. The van der Waals surface area contributed by atoms with Gasteiger partial charge in [0.05, 0.1) is 7.11 Å². The van der Waals surface area contributed by atoms with Crippen molar-refractivity contribution in [1.29, 1.82) is 0 Å². The third-order valence-electron chi connectivity index (χ3n) is 3.35. The van der Waals surface area contributed by atoms with Crippen LogP contribution in [0.3, 0.4) is 0 Å². The number of benzene rings is 2. The number of rotatable bonds is 7. The third-order valence-corrected chi connectivity index (χ3v) is 4.95. The predicted molar refractivity (Wildman–Crippen MR) is 97.8 cm³/mol. The minimum absolute atomic E-state index is 0.189. The molecule has 5 heteroatoms. The van der Waals surface area contributed by atoms with Crippen molar-refractivity contribution in [1.82, 2.24) is 0 Å². The molecule has 2 rings (SSSR count). The zero-order valence-corrected chi connectivity index (χ0v) is 14.9. The van der Waals surface area contributed by atoms with Crippen LogP contribution in [-0.2, 0) is 4.74 Å². The van der Waals surface area contributed by atoms with E-state index in [1.165, 1.54) is 10.9 Å². The van der Waals surface area contributed by atoms with Gasteiger partial charge in [0, 0.05) is 31.2 Å². The lowest BCUT2D eigenvalue weighted by Gasteiger charge is -2.16. The average Bonchev–Trinajstić information content (AvgIpc) is 2.56. The number of methoxy groups -OCH3 is 2. The van der Waals surface area contributed by atoms with Crippen LogP contribution in [0.15, 0.2) is 41.4 Å². The first-order valence-corrected chi connectivity index (χ1v) is 8.28. The molecule has 0 amide bonds. The molecule has 0 aromatic heterocycles. The Kier molecular flexibility index (Phi) is 6.57. The van der Waals surface area contributed by atoms with Crippen LogP contribution in [0.1, 0.15) is 11.1 Å². The molecule has 0 bridgehead atoms. The number of hydrogen-bond acceptors (Lipinski definition) is 4. The number of ether oxygens (including phenoxy) is 3. The molecule has 23 heavy (non-hydrogen) atoms. The van der Waals surface area contributed by atoms with Crippen molar-refractivity contribution in [2.75, 3.05) is 28.1 Å². The first-order chi connectivity index (χ1) is 11.2. The lowest BCUT2D eigenvalue weighted by atomic mass is 10.1. The van der Waals surface area contributed by atoms with E-state index in [1.807, 2.05) is 24.4 Å². The van der Waals surface area contributed by atoms with Crippen LogP contribution < -0.4 is 20.1 Å². The molecule has 0 N–H and O–H groups in total. The molecular weight excluding hydrogens is 309 g/mol. The first kappa shape index (κ1) is 17.5. The van der Waals surface area contributed by atoms with Gasteiger partial charge in [0.1, 0.15) is 0 Å². The maximum Gasteiger partial charge on any atom is 0.188 e. The number of para-hydroxylation sites is 1. The Morgan fingerprint density at radius 2 is 1.91 bits per heavy atom. The molecule has 122 valence electrons. The van der Waals surface area contributed by atoms with Crippen LogP contribution >= 0.6 is 8.58 Å². The average molecular weight is 331 g/mol. The molecule has 1 unspecified atom stereocenters. The van der Waals surface area contributed by atoms with E-state index in [4.69, 9.17) is 14.2 Å². The molecule has 0 heterocycles. The molecule has 0 aliphatic heterocycles. The topological polar surface area (TPSA) is 40.0 Å². The largest absolute Gasteiger partial charge is 0.493 e. The monoisotopic (exact) mass is 331 g/mol. The normalized spacial score (nSPS) is 11.5. The Labute approximate surface area is 139 Å². The van der Waals surface area contributed by atoms with Crippen LogP contribution in [0.25, 0.3) is 0 Å². The second-order valence-electron chi connectivity index (χ2n) is 4.94. The SMILES string of the molecule is C/N=C/c1cccc(C)c1Pc1cccc(OC)c1OCOC. The van der Waals surface area contributed by atoms with Gasteiger partial charge in [0.2, 0.25) is 0 Å². The second kappa shape index (κ2) is 8.66. The molecule has 0 fully saturated rings. The van der Waals surface area contributed by atoms with Crippen molar-refractivity contribution in [3.63, 3.8) is 0 Å². The Bertz CT molecular complexity index is 686. The summed E-state index contributed by atoms with van der Waals surface area (Å²) >= 11 is 0. The van der Waals surface area contributed by atoms with Gasteiger partial charge in [-0.05, 0) is 23.9 Å². The van der Waals surface area contributed by atoms with Crippen molar-refractivity contribution in [3.05, 3.63) is 47.5 Å². The number of aliphatic imine (C=N–C) groups is 1. The Balaban J connectivity index is 2.44. The fraction of sp³-hybridized carbons (Fsp3) is 0.278. The molecule has 2 aromatic carbocycles. The van der Waals surface area contributed by atoms with Crippen molar-refractivity contribution < 1.29 is 14.2 Å². The van der Waals surface area contributed by atoms with Crippen LogP contribution in [-0.4, -0.2) is 34.3 Å². The minimum atomic E-state index is 0.189. The maximum absolute atomic E-state index is 5.75. The number of nitrogens with zero attached hydrogens (tertiary/aromatic N) is 1. The van der Waals surface area contributed by atoms with Gasteiger partial charge in [-0.2, -0.15) is 0 Å². The third kappa shape index (κ3) is 4.31. The molecule has 0 aliphatic rings. The summed E-state index contributed by atoms with van der Waals surface area (Å²) < 4.78 is 16.2. The lowest BCUT2D eigenvalue weighted by molar-refractivity contribution is 0.0500. The van der Waals surface area contributed by atoms with Crippen LogP contribution in [0.5, 0.6) is 11.5 Å². The molecule has 0 radical (unpaired) electrons. The zero-order valence-electron chi connectivity index (χ0n) is 13.9. The molecule has 0 spiro atoms. The fourth-order valence-corrected chi connectivity index (χ4v) is 3.61. The minimum Gasteiger partial charge on any atom is -0.493 e. The zero-order chi connectivity index (χ0) is 16.7. The highest BCUT2D eigenvalue weighted by Crippen LogP contribution is 2.30. The summed E-state index contributed by atoms with van der Waals surface area (Å²) in [5, 5.41) is 2.34. The van der Waals surface area contributed by atoms with E-state index in [-0.39, 0.29) is 6.79 Å². The number of hydrogen-bond donors (Lipinski definition) is 0. The lowest BCUT2D eigenvalue weighted by Crippen LogP contribution is -2.15. The van der Waals surface area contributed by atoms with Crippen molar-refractivity contribution >= 4 is 25.4 Å². The predicted octanol–water partition coefficient (Wildman–Crippen LogP) is 2.66. The molecule has 0 aliphatic carbocycles. The molecular formula is C18H22NO3P. The summed E-state index contributed by atoms with van der Waals surface area (Å²) in [5.74, 6) is 1.45. The summed E-state index contributed by atoms with van der Waals surface area (Å²) in [6, 6.07) is 12.2. The van der Waals surface area contributed by atoms with Gasteiger partial charge in [-0.25, -0.2) is 0 Å². The van der Waals surface area contributed by atoms with E-state index < -0.39 is 0 Å². The smallest absolute Gasteiger partial charge is 0.188 e. The fourth-order valence-electron chi connectivity index (χ4n) is 2.28. The van der Waals surface area contributed by atoms with Gasteiger partial charge in [-0.3, -0.25) is 4.99 Å². The van der Waals surface area contributed by atoms with Gasteiger partial charge >= 0.3 is 0 Å². The molecule has 0 saturated carbocycles. The highest BCUT2D eigenvalue weighted by Gasteiger charge is 2.14. The standard InChI is InChI=1S/C18H22NO3P/c1-13-7-5-8-14(11-19-2)18(13)23-16-10-6-9-15(21-4)17(16)22-12-20-3/h5-11,23H,12H2,1-4H3/b19-11+. The van der Waals surface area contributed by atoms with Crippen LogP contribution in [0, 0.1) is 6.92 Å².